The van der Waals surface area contributed by atoms with Gasteiger partial charge in [-0.25, -0.2) is 4.98 Å². The largest absolute Gasteiger partial charge is 0.370 e. The monoisotopic (exact) mass is 232 g/mol. The lowest BCUT2D eigenvalue weighted by molar-refractivity contribution is -0.360. The van der Waals surface area contributed by atoms with Crippen molar-refractivity contribution < 1.29 is 5.73 Å². The average Bonchev–Trinajstić information content (AvgIpc) is 2.52. The fourth-order valence-electron chi connectivity index (χ4n) is 0.803. The predicted molar refractivity (Wildman–Crippen MR) is 61.5 cm³/mol. The summed E-state index contributed by atoms with van der Waals surface area (Å²) in [5, 5.41) is 2.59. The molecule has 7 N–H and O–H groups in total. The zero-order chi connectivity index (χ0) is 10.4. The maximum absolute atomic E-state index is 5.24. The van der Waals surface area contributed by atoms with E-state index in [2.05, 4.69) is 15.7 Å². The number of rotatable bonds is 5. The van der Waals surface area contributed by atoms with Gasteiger partial charge in [-0.2, -0.15) is 4.99 Å². The smallest absolute Gasteiger partial charge is 0.212 e. The van der Waals surface area contributed by atoms with Crippen molar-refractivity contribution in [2.24, 2.45) is 16.5 Å². The molecule has 0 aliphatic heterocycles. The van der Waals surface area contributed by atoms with E-state index in [-0.39, 0.29) is 5.96 Å². The van der Waals surface area contributed by atoms with Crippen LogP contribution in [0, 0.1) is 0 Å². The number of aliphatic imine (C=N–C) groups is 1. The van der Waals surface area contributed by atoms with Crippen LogP contribution < -0.4 is 17.2 Å². The van der Waals surface area contributed by atoms with Gasteiger partial charge in [0.2, 0.25) is 5.13 Å². The molecule has 5 nitrogen and oxygen atoms in total. The van der Waals surface area contributed by atoms with Crippen molar-refractivity contribution in [3.63, 3.8) is 0 Å². The van der Waals surface area contributed by atoms with E-state index in [4.69, 9.17) is 11.5 Å². The Labute approximate surface area is 90.8 Å². The van der Waals surface area contributed by atoms with E-state index in [9.17, 15) is 0 Å². The third kappa shape index (κ3) is 3.95. The maximum atomic E-state index is 5.24. The number of nitrogens with zero attached hydrogens (tertiary/aromatic N) is 2. The number of aromatic nitrogens is 1. The first-order chi connectivity index (χ1) is 6.72. The fourth-order valence-corrected chi connectivity index (χ4v) is 2.32. The summed E-state index contributed by atoms with van der Waals surface area (Å²) >= 11 is 3.26. The SMILES string of the molecule is NC(N)=Nc1nc(CSCC[NH3+])cs1. The summed E-state index contributed by atoms with van der Waals surface area (Å²) in [6, 6.07) is 0. The molecule has 1 aromatic rings. The quantitative estimate of drug-likeness (QED) is 0.362. The van der Waals surface area contributed by atoms with Gasteiger partial charge in [0.25, 0.3) is 0 Å². The number of guanidine groups is 1. The second-order valence-corrected chi connectivity index (χ2v) is 4.51. The van der Waals surface area contributed by atoms with E-state index in [1.807, 2.05) is 17.1 Å². The van der Waals surface area contributed by atoms with E-state index >= 15 is 0 Å². The van der Waals surface area contributed by atoms with Gasteiger partial charge in [0.1, 0.15) is 0 Å². The standard InChI is InChI=1S/C7H13N5S2/c8-1-2-13-3-5-4-14-7(11-5)12-6(9)10/h4H,1-3,8H2,(H4,9,10,11,12)/p+1. The number of quaternary nitrogens is 1. The Balaban J connectivity index is 2.47. The van der Waals surface area contributed by atoms with Crippen molar-refractivity contribution in [3.8, 4) is 0 Å². The lowest BCUT2D eigenvalue weighted by atomic mass is 10.6. The summed E-state index contributed by atoms with van der Waals surface area (Å²) in [6.07, 6.45) is 0. The molecule has 14 heavy (non-hydrogen) atoms. The van der Waals surface area contributed by atoms with Crippen LogP contribution in [0.4, 0.5) is 5.13 Å². The van der Waals surface area contributed by atoms with Crippen LogP contribution in [0.25, 0.3) is 0 Å². The summed E-state index contributed by atoms with van der Waals surface area (Å²) in [7, 11) is 0. The van der Waals surface area contributed by atoms with E-state index < -0.39 is 0 Å². The zero-order valence-corrected chi connectivity index (χ0v) is 9.40. The van der Waals surface area contributed by atoms with Gasteiger partial charge in [-0.15, -0.1) is 23.1 Å². The fraction of sp³-hybridized carbons (Fsp3) is 0.429. The second-order valence-electron chi connectivity index (χ2n) is 2.56. The average molecular weight is 232 g/mol. The first-order valence-electron chi connectivity index (χ1n) is 4.13. The van der Waals surface area contributed by atoms with Crippen LogP contribution >= 0.6 is 23.1 Å². The lowest BCUT2D eigenvalue weighted by Crippen LogP contribution is -2.51. The van der Waals surface area contributed by atoms with Gasteiger partial charge in [-0.05, 0) is 0 Å². The van der Waals surface area contributed by atoms with Gasteiger partial charge in [0.05, 0.1) is 12.2 Å². The van der Waals surface area contributed by atoms with Crippen molar-refractivity contribution in [2.75, 3.05) is 12.3 Å². The summed E-state index contributed by atoms with van der Waals surface area (Å²) in [5.41, 5.74) is 15.3. The van der Waals surface area contributed by atoms with Gasteiger partial charge in [-0.3, -0.25) is 0 Å². The number of thioether (sulfide) groups is 1. The first kappa shape index (κ1) is 11.3. The number of thiazole rings is 1. The molecule has 1 heterocycles. The Morgan fingerprint density at radius 2 is 2.43 bits per heavy atom. The maximum Gasteiger partial charge on any atom is 0.212 e. The molecule has 0 unspecified atom stereocenters. The molecule has 7 heteroatoms. The van der Waals surface area contributed by atoms with Crippen LogP contribution in [0.5, 0.6) is 0 Å². The summed E-state index contributed by atoms with van der Waals surface area (Å²) in [5.74, 6) is 2.00. The highest BCUT2D eigenvalue weighted by Gasteiger charge is 2.00. The Kier molecular flexibility index (Phi) is 4.71. The molecule has 0 bridgehead atoms. The van der Waals surface area contributed by atoms with Gasteiger partial charge in [-0.1, -0.05) is 0 Å². The minimum atomic E-state index is 0.0521. The van der Waals surface area contributed by atoms with E-state index in [1.54, 1.807) is 0 Å². The third-order valence-corrected chi connectivity index (χ3v) is 3.16. The summed E-state index contributed by atoms with van der Waals surface area (Å²) in [4.78, 5) is 8.12. The molecule has 0 amide bonds. The number of hydrogen-bond donors (Lipinski definition) is 3. The van der Waals surface area contributed by atoms with Gasteiger partial charge >= 0.3 is 0 Å². The molecule has 0 aromatic carbocycles. The molecule has 0 aliphatic carbocycles. The highest BCUT2D eigenvalue weighted by Crippen LogP contribution is 2.21. The van der Waals surface area contributed by atoms with Crippen molar-refractivity contribution >= 4 is 34.2 Å². The Morgan fingerprint density at radius 1 is 1.64 bits per heavy atom. The molecule has 78 valence electrons. The zero-order valence-electron chi connectivity index (χ0n) is 7.77. The minimum Gasteiger partial charge on any atom is -0.370 e. The molecule has 0 radical (unpaired) electrons. The molecule has 0 spiro atoms. The van der Waals surface area contributed by atoms with Crippen LogP contribution in [0.2, 0.25) is 0 Å². The molecule has 0 aliphatic rings. The van der Waals surface area contributed by atoms with Crippen LogP contribution in [0.15, 0.2) is 10.4 Å². The van der Waals surface area contributed by atoms with Crippen molar-refractivity contribution in [2.45, 2.75) is 5.75 Å². The molecule has 0 fully saturated rings. The highest BCUT2D eigenvalue weighted by atomic mass is 32.2. The molecule has 1 aromatic heterocycles. The van der Waals surface area contributed by atoms with Crippen LogP contribution in [-0.4, -0.2) is 23.2 Å². The summed E-state index contributed by atoms with van der Waals surface area (Å²) < 4.78 is 0. The van der Waals surface area contributed by atoms with Crippen molar-refractivity contribution in [1.29, 1.82) is 0 Å². The molecular formula is C7H14N5S2+. The topological polar surface area (TPSA) is 105 Å². The van der Waals surface area contributed by atoms with Crippen LogP contribution in [0.1, 0.15) is 5.69 Å². The lowest BCUT2D eigenvalue weighted by Gasteiger charge is -1.92. The Morgan fingerprint density at radius 3 is 3.07 bits per heavy atom. The van der Waals surface area contributed by atoms with E-state index in [0.717, 1.165) is 23.7 Å². The minimum absolute atomic E-state index is 0.0521. The van der Waals surface area contributed by atoms with Crippen molar-refractivity contribution in [3.05, 3.63) is 11.1 Å². The number of hydrogen-bond acceptors (Lipinski definition) is 4. The van der Waals surface area contributed by atoms with Gasteiger partial charge < -0.3 is 17.2 Å². The van der Waals surface area contributed by atoms with Gasteiger partial charge in [0.15, 0.2) is 5.96 Å². The molecule has 0 atom stereocenters. The number of nitrogens with two attached hydrogens (primary N) is 2. The Hall–Kier alpha value is -0.790. The third-order valence-electron chi connectivity index (χ3n) is 1.30. The van der Waals surface area contributed by atoms with Gasteiger partial charge in [0, 0.05) is 16.9 Å². The molecule has 1 rings (SSSR count). The molecule has 0 saturated heterocycles. The molecular weight excluding hydrogens is 218 g/mol. The first-order valence-corrected chi connectivity index (χ1v) is 6.17. The predicted octanol–water partition coefficient (Wildman–Crippen LogP) is -0.477. The van der Waals surface area contributed by atoms with Crippen LogP contribution in [-0.2, 0) is 5.75 Å². The van der Waals surface area contributed by atoms with E-state index in [1.165, 1.54) is 11.3 Å². The normalized spacial score (nSPS) is 10.1. The molecule has 0 saturated carbocycles. The second kappa shape index (κ2) is 5.84. The summed E-state index contributed by atoms with van der Waals surface area (Å²) in [6.45, 7) is 0.940. The van der Waals surface area contributed by atoms with Crippen LogP contribution in [0.3, 0.4) is 0 Å². The van der Waals surface area contributed by atoms with Crippen molar-refractivity contribution in [1.82, 2.24) is 4.98 Å². The Bertz CT molecular complexity index is 305. The van der Waals surface area contributed by atoms with E-state index in [0.29, 0.717) is 5.13 Å². The highest BCUT2D eigenvalue weighted by molar-refractivity contribution is 7.98.